The first-order chi connectivity index (χ1) is 10.7. The summed E-state index contributed by atoms with van der Waals surface area (Å²) in [6, 6.07) is 7.77. The van der Waals surface area contributed by atoms with E-state index in [4.69, 9.17) is 4.74 Å². The first-order valence-electron chi connectivity index (χ1n) is 7.15. The Kier molecular flexibility index (Phi) is 3.86. The minimum atomic E-state index is 0.592. The molecule has 0 bridgehead atoms. The molecule has 3 rings (SSSR count). The molecular weight excluding hydrogens is 280 g/mol. The summed E-state index contributed by atoms with van der Waals surface area (Å²) in [5, 5.41) is 16.7. The zero-order valence-corrected chi connectivity index (χ0v) is 12.9. The second-order valence-corrected chi connectivity index (χ2v) is 4.94. The first-order valence-corrected chi connectivity index (χ1v) is 7.15. The normalized spacial score (nSPS) is 10.9. The van der Waals surface area contributed by atoms with Crippen LogP contribution in [0, 0.1) is 6.92 Å². The van der Waals surface area contributed by atoms with Crippen molar-refractivity contribution in [2.24, 2.45) is 0 Å². The van der Waals surface area contributed by atoms with E-state index in [2.05, 4.69) is 20.6 Å². The van der Waals surface area contributed by atoms with E-state index in [0.717, 1.165) is 34.9 Å². The lowest BCUT2D eigenvalue weighted by atomic mass is 10.1. The molecule has 0 saturated heterocycles. The molecule has 0 spiro atoms. The van der Waals surface area contributed by atoms with Gasteiger partial charge in [-0.15, -0.1) is 10.2 Å². The highest BCUT2D eigenvalue weighted by Gasteiger charge is 2.12. The fourth-order valence-corrected chi connectivity index (χ4v) is 2.38. The van der Waals surface area contributed by atoms with Crippen LogP contribution < -0.4 is 4.74 Å². The van der Waals surface area contributed by atoms with Gasteiger partial charge in [0.25, 0.3) is 0 Å². The predicted octanol–water partition coefficient (Wildman–Crippen LogP) is 1.92. The molecule has 2 aromatic heterocycles. The van der Waals surface area contributed by atoms with Crippen LogP contribution in [0.2, 0.25) is 0 Å². The fraction of sp³-hybridized carbons (Fsp3) is 0.333. The van der Waals surface area contributed by atoms with Gasteiger partial charge in [0.15, 0.2) is 0 Å². The summed E-state index contributed by atoms with van der Waals surface area (Å²) >= 11 is 0. The van der Waals surface area contributed by atoms with Crippen LogP contribution in [-0.2, 0) is 13.1 Å². The maximum atomic E-state index is 5.37. The number of methoxy groups -OCH3 is 1. The molecule has 3 aromatic rings. The van der Waals surface area contributed by atoms with Crippen LogP contribution in [0.5, 0.6) is 5.75 Å². The summed E-state index contributed by atoms with van der Waals surface area (Å²) in [4.78, 5) is 0. The Morgan fingerprint density at radius 3 is 2.73 bits per heavy atom. The van der Waals surface area contributed by atoms with E-state index < -0.39 is 0 Å². The van der Waals surface area contributed by atoms with Crippen molar-refractivity contribution in [3.05, 3.63) is 41.9 Å². The molecule has 114 valence electrons. The minimum Gasteiger partial charge on any atom is -0.496 e. The number of aryl methyl sites for hydroxylation is 2. The highest BCUT2D eigenvalue weighted by molar-refractivity contribution is 5.65. The third-order valence-corrected chi connectivity index (χ3v) is 3.56. The van der Waals surface area contributed by atoms with Gasteiger partial charge in [0.05, 0.1) is 31.2 Å². The quantitative estimate of drug-likeness (QED) is 0.719. The summed E-state index contributed by atoms with van der Waals surface area (Å²) in [7, 11) is 1.65. The van der Waals surface area contributed by atoms with E-state index in [1.165, 1.54) is 0 Å². The highest BCUT2D eigenvalue weighted by atomic mass is 16.5. The van der Waals surface area contributed by atoms with Crippen LogP contribution in [-0.4, -0.2) is 37.1 Å². The standard InChI is InChI=1S/C15H18N6O/c1-4-21-14(11(2)16-19-21)10-20-9-13(17-18-20)12-7-5-6-8-15(12)22-3/h5-9H,4,10H2,1-3H3. The minimum absolute atomic E-state index is 0.592. The molecule has 0 atom stereocenters. The van der Waals surface area contributed by atoms with Crippen molar-refractivity contribution in [3.8, 4) is 17.0 Å². The van der Waals surface area contributed by atoms with Crippen LogP contribution in [0.3, 0.4) is 0 Å². The molecular formula is C15H18N6O. The number of ether oxygens (including phenoxy) is 1. The van der Waals surface area contributed by atoms with Gasteiger partial charge in [-0.3, -0.25) is 0 Å². The molecule has 0 fully saturated rings. The lowest BCUT2D eigenvalue weighted by molar-refractivity contribution is 0.416. The molecule has 22 heavy (non-hydrogen) atoms. The second-order valence-electron chi connectivity index (χ2n) is 4.94. The number of hydrogen-bond acceptors (Lipinski definition) is 5. The number of benzene rings is 1. The van der Waals surface area contributed by atoms with Crippen molar-refractivity contribution < 1.29 is 4.74 Å². The van der Waals surface area contributed by atoms with E-state index in [0.29, 0.717) is 6.54 Å². The number of rotatable bonds is 5. The summed E-state index contributed by atoms with van der Waals surface area (Å²) in [5.41, 5.74) is 3.66. The average Bonchev–Trinajstić information content (AvgIpc) is 3.15. The zero-order chi connectivity index (χ0) is 15.5. The average molecular weight is 298 g/mol. The van der Waals surface area contributed by atoms with Crippen LogP contribution >= 0.6 is 0 Å². The summed E-state index contributed by atoms with van der Waals surface area (Å²) in [5.74, 6) is 0.783. The van der Waals surface area contributed by atoms with Crippen molar-refractivity contribution >= 4 is 0 Å². The molecule has 0 unspecified atom stereocenters. The van der Waals surface area contributed by atoms with Crippen molar-refractivity contribution in [2.75, 3.05) is 7.11 Å². The SMILES string of the molecule is CCn1nnc(C)c1Cn1cc(-c2ccccc2OC)nn1. The third kappa shape index (κ3) is 2.57. The topological polar surface area (TPSA) is 70.7 Å². The number of para-hydroxylation sites is 1. The van der Waals surface area contributed by atoms with Gasteiger partial charge in [-0.1, -0.05) is 22.6 Å². The van der Waals surface area contributed by atoms with Crippen molar-refractivity contribution in [1.82, 2.24) is 30.0 Å². The lowest BCUT2D eigenvalue weighted by Crippen LogP contribution is -2.09. The number of aromatic nitrogens is 6. The van der Waals surface area contributed by atoms with E-state index in [1.807, 2.05) is 49.0 Å². The molecule has 2 heterocycles. The van der Waals surface area contributed by atoms with Gasteiger partial charge in [0, 0.05) is 12.1 Å². The Bertz CT molecular complexity index is 776. The van der Waals surface area contributed by atoms with Crippen molar-refractivity contribution in [2.45, 2.75) is 26.9 Å². The molecule has 7 heteroatoms. The van der Waals surface area contributed by atoms with Gasteiger partial charge in [-0.2, -0.15) is 0 Å². The summed E-state index contributed by atoms with van der Waals surface area (Å²) < 4.78 is 9.04. The first kappa shape index (κ1) is 14.2. The maximum Gasteiger partial charge on any atom is 0.128 e. The van der Waals surface area contributed by atoms with E-state index >= 15 is 0 Å². The molecule has 0 aliphatic carbocycles. The second kappa shape index (κ2) is 5.97. The number of nitrogens with zero attached hydrogens (tertiary/aromatic N) is 6. The third-order valence-electron chi connectivity index (χ3n) is 3.56. The van der Waals surface area contributed by atoms with Gasteiger partial charge in [-0.25, -0.2) is 9.36 Å². The molecule has 0 amide bonds. The highest BCUT2D eigenvalue weighted by Crippen LogP contribution is 2.27. The Hall–Kier alpha value is -2.70. The van der Waals surface area contributed by atoms with Crippen LogP contribution in [0.4, 0.5) is 0 Å². The Morgan fingerprint density at radius 1 is 1.14 bits per heavy atom. The summed E-state index contributed by atoms with van der Waals surface area (Å²) in [6.45, 7) is 5.37. The molecule has 0 aliphatic heterocycles. The van der Waals surface area contributed by atoms with Crippen molar-refractivity contribution in [3.63, 3.8) is 0 Å². The predicted molar refractivity (Wildman–Crippen MR) is 81.5 cm³/mol. The molecule has 1 aromatic carbocycles. The molecule has 0 N–H and O–H groups in total. The van der Waals surface area contributed by atoms with E-state index in [-0.39, 0.29) is 0 Å². The van der Waals surface area contributed by atoms with Gasteiger partial charge >= 0.3 is 0 Å². The van der Waals surface area contributed by atoms with Gasteiger partial charge in [0.1, 0.15) is 11.4 Å². The molecule has 0 aliphatic rings. The smallest absolute Gasteiger partial charge is 0.128 e. The number of hydrogen-bond donors (Lipinski definition) is 0. The largest absolute Gasteiger partial charge is 0.496 e. The molecule has 0 saturated carbocycles. The molecule has 7 nitrogen and oxygen atoms in total. The Labute approximate surface area is 128 Å². The van der Waals surface area contributed by atoms with Crippen LogP contribution in [0.15, 0.2) is 30.5 Å². The fourth-order valence-electron chi connectivity index (χ4n) is 2.38. The van der Waals surface area contributed by atoms with Gasteiger partial charge in [0.2, 0.25) is 0 Å². The van der Waals surface area contributed by atoms with Crippen LogP contribution in [0.25, 0.3) is 11.3 Å². The molecule has 0 radical (unpaired) electrons. The monoisotopic (exact) mass is 298 g/mol. The Morgan fingerprint density at radius 2 is 1.95 bits per heavy atom. The van der Waals surface area contributed by atoms with Gasteiger partial charge < -0.3 is 4.74 Å². The lowest BCUT2D eigenvalue weighted by Gasteiger charge is -2.05. The van der Waals surface area contributed by atoms with E-state index in [9.17, 15) is 0 Å². The maximum absolute atomic E-state index is 5.37. The zero-order valence-electron chi connectivity index (χ0n) is 12.9. The summed E-state index contributed by atoms with van der Waals surface area (Å²) in [6.07, 6.45) is 1.91. The van der Waals surface area contributed by atoms with Crippen LogP contribution in [0.1, 0.15) is 18.3 Å². The Balaban J connectivity index is 1.89. The van der Waals surface area contributed by atoms with E-state index in [1.54, 1.807) is 11.8 Å². The van der Waals surface area contributed by atoms with Gasteiger partial charge in [-0.05, 0) is 26.0 Å². The van der Waals surface area contributed by atoms with Crippen molar-refractivity contribution in [1.29, 1.82) is 0 Å².